The molecule has 0 radical (unpaired) electrons. The molecule has 18 nitrogen and oxygen atoms in total. The standard InChI is InChI=1S/C36H45NO17/c1-15-16(2)31(44)53-28-25(43)29(51-20(6)41)35(14-47-17(3)38)30(52-21(7)42)26(49-18(4)39)23-27(50-19(5)40)36(35,34(28,9)46)54-33(23,8)13-48-32(45)22-11-10-12-37-24(15)22/h10-12,15-16,23,25-30,43,46H,13-14H2,1-9H3/t15-,16-,23+,25-,26+,27+,28-,29-,30+,33-,34-,35-,36-/m0/s1. The monoisotopic (exact) mass is 763 g/mol. The highest BCUT2D eigenvalue weighted by Crippen LogP contribution is 2.70. The van der Waals surface area contributed by atoms with Crippen LogP contribution in [0.4, 0.5) is 0 Å². The van der Waals surface area contributed by atoms with Gasteiger partial charge in [-0.1, -0.05) is 13.8 Å². The van der Waals surface area contributed by atoms with E-state index in [9.17, 15) is 43.8 Å². The van der Waals surface area contributed by atoms with Crippen molar-refractivity contribution >= 4 is 41.8 Å². The molecule has 1 saturated heterocycles. The predicted octanol–water partition coefficient (Wildman–Crippen LogP) is 0.463. The number of esters is 7. The summed E-state index contributed by atoms with van der Waals surface area (Å²) in [5.41, 5.74) is -9.90. The first-order valence-electron chi connectivity index (χ1n) is 17.3. The zero-order valence-corrected chi connectivity index (χ0v) is 31.3. The third-order valence-electron chi connectivity index (χ3n) is 11.2. The van der Waals surface area contributed by atoms with Crippen molar-refractivity contribution in [1.29, 1.82) is 0 Å². The quantitative estimate of drug-likeness (QED) is 0.295. The number of rotatable bonds is 6. The van der Waals surface area contributed by atoms with Crippen molar-refractivity contribution in [3.8, 4) is 0 Å². The van der Waals surface area contributed by atoms with Crippen LogP contribution in [0.25, 0.3) is 0 Å². The first-order chi connectivity index (χ1) is 25.1. The topological polar surface area (TPSA) is 247 Å². The summed E-state index contributed by atoms with van der Waals surface area (Å²) in [7, 11) is 0. The smallest absolute Gasteiger partial charge is 0.340 e. The van der Waals surface area contributed by atoms with Gasteiger partial charge in [-0.2, -0.15) is 0 Å². The van der Waals surface area contributed by atoms with Gasteiger partial charge in [0.1, 0.15) is 54.2 Å². The highest BCUT2D eigenvalue weighted by molar-refractivity contribution is 5.91. The Labute approximate surface area is 310 Å². The number of cyclic esters (lactones) is 1. The van der Waals surface area contributed by atoms with E-state index in [-0.39, 0.29) is 11.3 Å². The van der Waals surface area contributed by atoms with Crippen LogP contribution in [0.1, 0.15) is 84.3 Å². The van der Waals surface area contributed by atoms with Gasteiger partial charge in [-0.25, -0.2) is 4.79 Å². The van der Waals surface area contributed by atoms with Crippen molar-refractivity contribution in [2.24, 2.45) is 17.3 Å². The lowest BCUT2D eigenvalue weighted by atomic mass is 9.45. The van der Waals surface area contributed by atoms with Gasteiger partial charge in [0.2, 0.25) is 0 Å². The lowest BCUT2D eigenvalue weighted by molar-refractivity contribution is -0.386. The number of fused-ring (bicyclic) bond motifs is 5. The van der Waals surface area contributed by atoms with Gasteiger partial charge >= 0.3 is 41.8 Å². The average Bonchev–Trinajstić information content (AvgIpc) is 3.29. The van der Waals surface area contributed by atoms with Gasteiger partial charge in [-0.15, -0.1) is 0 Å². The summed E-state index contributed by atoms with van der Waals surface area (Å²) in [4.78, 5) is 97.0. The molecule has 1 aromatic rings. The largest absolute Gasteiger partial charge is 0.465 e. The van der Waals surface area contributed by atoms with Crippen LogP contribution in [0.2, 0.25) is 0 Å². The highest BCUT2D eigenvalue weighted by atomic mass is 16.7. The molecule has 54 heavy (non-hydrogen) atoms. The van der Waals surface area contributed by atoms with Gasteiger partial charge in [0.15, 0.2) is 17.8 Å². The van der Waals surface area contributed by atoms with Gasteiger partial charge < -0.3 is 48.1 Å². The number of hydrogen-bond acceptors (Lipinski definition) is 18. The van der Waals surface area contributed by atoms with Crippen LogP contribution < -0.4 is 0 Å². The zero-order valence-electron chi connectivity index (χ0n) is 31.3. The maximum Gasteiger partial charge on any atom is 0.340 e. The average molecular weight is 764 g/mol. The number of pyridine rings is 1. The maximum atomic E-state index is 14.1. The second-order valence-electron chi connectivity index (χ2n) is 14.7. The van der Waals surface area contributed by atoms with E-state index in [4.69, 9.17) is 37.9 Å². The Morgan fingerprint density at radius 3 is 2.00 bits per heavy atom. The minimum atomic E-state index is -2.78. The van der Waals surface area contributed by atoms with Crippen LogP contribution >= 0.6 is 0 Å². The van der Waals surface area contributed by atoms with Crippen molar-refractivity contribution in [3.05, 3.63) is 29.6 Å². The van der Waals surface area contributed by atoms with Crippen LogP contribution in [0.5, 0.6) is 0 Å². The van der Waals surface area contributed by atoms with Crippen LogP contribution in [-0.4, -0.2) is 124 Å². The molecule has 0 aromatic carbocycles. The molecule has 3 heterocycles. The van der Waals surface area contributed by atoms with Gasteiger partial charge in [0, 0.05) is 46.7 Å². The molecule has 4 aliphatic rings. The van der Waals surface area contributed by atoms with Gasteiger partial charge in [0.05, 0.1) is 23.1 Å². The molecule has 18 heteroatoms. The second-order valence-corrected chi connectivity index (χ2v) is 14.7. The molecule has 0 unspecified atom stereocenters. The molecule has 1 aromatic heterocycles. The predicted molar refractivity (Wildman–Crippen MR) is 176 cm³/mol. The van der Waals surface area contributed by atoms with Crippen LogP contribution in [0.15, 0.2) is 18.3 Å². The molecule has 2 saturated carbocycles. The summed E-state index contributed by atoms with van der Waals surface area (Å²) in [5, 5.41) is 25.4. The highest BCUT2D eigenvalue weighted by Gasteiger charge is 2.91. The zero-order chi connectivity index (χ0) is 40.3. The van der Waals surface area contributed by atoms with Gasteiger partial charge in [0.25, 0.3) is 0 Å². The SMILES string of the molecule is CC(=O)OC[C@]12[C@H](OC(C)=O)[C@H](OC(C)=O)[C@@H]3[C@@H](OC(C)=O)[C@@]14O[C@@]3(C)COC(=O)c1cccnc1[C@@H](C)[C@H](C)C(=O)O[C@@H]([C@H](O)[C@@H]2OC(C)=O)[C@]4(C)O. The number of aliphatic hydroxyl groups is 2. The van der Waals surface area contributed by atoms with E-state index >= 15 is 0 Å². The van der Waals surface area contributed by atoms with E-state index < -0.39 is 132 Å². The van der Waals surface area contributed by atoms with Crippen LogP contribution in [-0.2, 0) is 66.7 Å². The fraction of sp³-hybridized carbons (Fsp3) is 0.667. The Bertz CT molecular complexity index is 1740. The van der Waals surface area contributed by atoms with Crippen molar-refractivity contribution in [3.63, 3.8) is 0 Å². The lowest BCUT2D eigenvalue weighted by Crippen LogP contribution is -2.89. The van der Waals surface area contributed by atoms with E-state index in [2.05, 4.69) is 4.98 Å². The van der Waals surface area contributed by atoms with Crippen molar-refractivity contribution < 1.29 is 81.7 Å². The molecule has 5 rings (SSSR count). The number of ether oxygens (including phenoxy) is 8. The first-order valence-corrected chi connectivity index (χ1v) is 17.3. The Kier molecular flexibility index (Phi) is 10.6. The van der Waals surface area contributed by atoms with Crippen molar-refractivity contribution in [2.75, 3.05) is 13.2 Å². The third kappa shape index (κ3) is 6.17. The number of hydrogen-bond donors (Lipinski definition) is 2. The second kappa shape index (κ2) is 14.2. The normalized spacial score (nSPS) is 39.8. The van der Waals surface area contributed by atoms with E-state index in [1.807, 2.05) is 0 Å². The van der Waals surface area contributed by atoms with Crippen LogP contribution in [0, 0.1) is 17.3 Å². The number of aliphatic hydroxyl groups excluding tert-OH is 1. The molecule has 0 amide bonds. The third-order valence-corrected chi connectivity index (χ3v) is 11.2. The Morgan fingerprint density at radius 1 is 0.852 bits per heavy atom. The lowest BCUT2D eigenvalue weighted by Gasteiger charge is -2.67. The molecule has 2 N–H and O–H groups in total. The molecular formula is C36H45NO17. The summed E-state index contributed by atoms with van der Waals surface area (Å²) >= 11 is 0. The van der Waals surface area contributed by atoms with E-state index in [1.54, 1.807) is 6.92 Å². The maximum absolute atomic E-state index is 14.1. The first kappa shape index (κ1) is 40.5. The summed E-state index contributed by atoms with van der Waals surface area (Å²) < 4.78 is 47.8. The minimum absolute atomic E-state index is 0.0262. The van der Waals surface area contributed by atoms with E-state index in [0.717, 1.165) is 41.5 Å². The van der Waals surface area contributed by atoms with Gasteiger partial charge in [-0.05, 0) is 26.0 Å². The summed E-state index contributed by atoms with van der Waals surface area (Å²) in [6.07, 6.45) is -10.6. The minimum Gasteiger partial charge on any atom is -0.465 e. The summed E-state index contributed by atoms with van der Waals surface area (Å²) in [6.45, 7) is 8.79. The van der Waals surface area contributed by atoms with E-state index in [1.165, 1.54) is 32.2 Å². The Hall–Kier alpha value is -4.68. The number of aromatic nitrogens is 1. The number of nitrogens with zero attached hydrogens (tertiary/aromatic N) is 1. The van der Waals surface area contributed by atoms with Crippen LogP contribution in [0.3, 0.4) is 0 Å². The molecule has 4 bridgehead atoms. The Morgan fingerprint density at radius 2 is 1.43 bits per heavy atom. The summed E-state index contributed by atoms with van der Waals surface area (Å²) in [5.74, 6) is -10.4. The molecular weight excluding hydrogens is 718 g/mol. The molecule has 13 atom stereocenters. The van der Waals surface area contributed by atoms with Crippen molar-refractivity contribution in [2.45, 2.75) is 122 Å². The molecule has 296 valence electrons. The number of carbonyl (C=O) groups excluding carboxylic acids is 7. The Balaban J connectivity index is 1.96. The number of carbonyl (C=O) groups is 7. The van der Waals surface area contributed by atoms with Gasteiger partial charge in [-0.3, -0.25) is 33.8 Å². The fourth-order valence-corrected chi connectivity index (χ4v) is 8.96. The molecule has 3 fully saturated rings. The summed E-state index contributed by atoms with van der Waals surface area (Å²) in [6, 6.07) is 2.91. The fourth-order valence-electron chi connectivity index (χ4n) is 8.96. The van der Waals surface area contributed by atoms with E-state index in [0.29, 0.717) is 0 Å². The van der Waals surface area contributed by atoms with Crippen molar-refractivity contribution in [1.82, 2.24) is 4.98 Å². The molecule has 2 aliphatic carbocycles. The molecule has 2 aliphatic heterocycles. The molecule has 1 spiro atoms.